The van der Waals surface area contributed by atoms with Gasteiger partial charge in [-0.3, -0.25) is 4.90 Å². The van der Waals surface area contributed by atoms with E-state index in [2.05, 4.69) is 14.1 Å². The first-order valence-electron chi connectivity index (χ1n) is 10.7. The van der Waals surface area contributed by atoms with E-state index in [4.69, 9.17) is 9.47 Å². The number of hydrogen-bond acceptors (Lipinski definition) is 5. The lowest BCUT2D eigenvalue weighted by Gasteiger charge is -2.35. The summed E-state index contributed by atoms with van der Waals surface area (Å²) in [6.45, 7) is 0. The zero-order valence-electron chi connectivity index (χ0n) is 16.7. The molecule has 5 rings (SSSR count). The molecule has 2 aromatic carbocycles. The minimum atomic E-state index is -0.449. The van der Waals surface area contributed by atoms with Crippen LogP contribution in [-0.4, -0.2) is 47.4 Å². The fourth-order valence-electron chi connectivity index (χ4n) is 5.86. The summed E-state index contributed by atoms with van der Waals surface area (Å²) < 4.78 is 12.1. The van der Waals surface area contributed by atoms with Gasteiger partial charge in [-0.1, -0.05) is 42.8 Å². The van der Waals surface area contributed by atoms with Crippen molar-refractivity contribution in [3.63, 3.8) is 0 Å². The Kier molecular flexibility index (Phi) is 5.34. The Hall–Kier alpha value is -2.23. The van der Waals surface area contributed by atoms with Crippen molar-refractivity contribution in [2.24, 2.45) is 11.8 Å². The number of fused-ring (bicyclic) bond motifs is 5. The van der Waals surface area contributed by atoms with Gasteiger partial charge in [0.05, 0.1) is 23.2 Å². The summed E-state index contributed by atoms with van der Waals surface area (Å²) in [5.41, 5.74) is 1.04. The van der Waals surface area contributed by atoms with Gasteiger partial charge in [-0.15, -0.1) is 9.24 Å². The molecule has 0 N–H and O–H groups in total. The molecule has 2 bridgehead atoms. The topological polar surface area (TPSA) is 55.8 Å². The molecule has 5 nitrogen and oxygen atoms in total. The molecule has 7 unspecified atom stereocenters. The molecule has 0 radical (unpaired) electrons. The maximum absolute atomic E-state index is 12.9. The first-order chi connectivity index (χ1) is 14.7. The predicted octanol–water partition coefficient (Wildman–Crippen LogP) is 3.75. The van der Waals surface area contributed by atoms with Gasteiger partial charge in [0, 0.05) is 6.29 Å². The van der Waals surface area contributed by atoms with Gasteiger partial charge in [-0.05, 0) is 48.9 Å². The summed E-state index contributed by atoms with van der Waals surface area (Å²) in [5.74, 6) is 0.283. The molecule has 0 spiro atoms. The van der Waals surface area contributed by atoms with E-state index in [9.17, 15) is 9.59 Å². The molecule has 7 atom stereocenters. The van der Waals surface area contributed by atoms with Crippen molar-refractivity contribution in [3.8, 4) is 0 Å². The minimum Gasteiger partial charge on any atom is -0.453 e. The summed E-state index contributed by atoms with van der Waals surface area (Å²) in [7, 11) is 2.80. The lowest BCUT2D eigenvalue weighted by atomic mass is 9.78. The van der Waals surface area contributed by atoms with Crippen LogP contribution in [0.5, 0.6) is 0 Å². The van der Waals surface area contributed by atoms with Crippen molar-refractivity contribution in [2.75, 3.05) is 6.29 Å². The fourth-order valence-corrected chi connectivity index (χ4v) is 6.35. The Morgan fingerprint density at radius 1 is 0.800 bits per heavy atom. The van der Waals surface area contributed by atoms with Crippen molar-refractivity contribution in [3.05, 3.63) is 71.8 Å². The van der Waals surface area contributed by atoms with E-state index in [1.807, 2.05) is 36.4 Å². The average molecular weight is 423 g/mol. The van der Waals surface area contributed by atoms with Crippen LogP contribution in [0.25, 0.3) is 0 Å². The summed E-state index contributed by atoms with van der Waals surface area (Å²) >= 11 is 0. The van der Waals surface area contributed by atoms with Gasteiger partial charge < -0.3 is 9.47 Å². The van der Waals surface area contributed by atoms with Crippen molar-refractivity contribution < 1.29 is 19.1 Å². The molecule has 0 amide bonds. The number of benzene rings is 2. The van der Waals surface area contributed by atoms with Gasteiger partial charge >= 0.3 is 11.9 Å². The Morgan fingerprint density at radius 3 is 1.63 bits per heavy atom. The highest BCUT2D eigenvalue weighted by atomic mass is 31.0. The number of ether oxygens (including phenoxy) is 2. The molecule has 0 aromatic heterocycles. The molecule has 2 saturated heterocycles. The number of hydrogen-bond donors (Lipinski definition) is 0. The third kappa shape index (κ3) is 3.25. The lowest BCUT2D eigenvalue weighted by molar-refractivity contribution is -0.0540. The average Bonchev–Trinajstić information content (AvgIpc) is 3.45. The number of esters is 2. The quantitative estimate of drug-likeness (QED) is 0.542. The van der Waals surface area contributed by atoms with Gasteiger partial charge in [0.15, 0.2) is 12.2 Å². The molecule has 30 heavy (non-hydrogen) atoms. The molecule has 3 fully saturated rings. The van der Waals surface area contributed by atoms with Crippen LogP contribution in [-0.2, 0) is 9.47 Å². The summed E-state index contributed by atoms with van der Waals surface area (Å²) in [6.07, 6.45) is 3.36. The molecule has 6 heteroatoms. The molecule has 2 heterocycles. The van der Waals surface area contributed by atoms with Gasteiger partial charge in [0.1, 0.15) is 0 Å². The van der Waals surface area contributed by atoms with Crippen LogP contribution in [0.1, 0.15) is 40.0 Å². The molecule has 1 aliphatic carbocycles. The second-order valence-corrected chi connectivity index (χ2v) is 8.77. The molecular formula is C24H26NO4P. The summed E-state index contributed by atoms with van der Waals surface area (Å²) in [4.78, 5) is 28.1. The monoisotopic (exact) mass is 423 g/mol. The van der Waals surface area contributed by atoms with Crippen molar-refractivity contribution in [1.29, 1.82) is 0 Å². The van der Waals surface area contributed by atoms with Crippen LogP contribution < -0.4 is 0 Å². The van der Waals surface area contributed by atoms with Crippen LogP contribution in [0, 0.1) is 11.8 Å². The normalized spacial score (nSPS) is 32.0. The third-order valence-corrected chi connectivity index (χ3v) is 7.40. The first-order valence-corrected chi connectivity index (χ1v) is 11.5. The Morgan fingerprint density at radius 2 is 1.23 bits per heavy atom. The summed E-state index contributed by atoms with van der Waals surface area (Å²) in [6, 6.07) is 18.3. The number of carbonyl (C=O) groups excluding carboxylic acids is 2. The van der Waals surface area contributed by atoms with E-state index >= 15 is 0 Å². The lowest BCUT2D eigenvalue weighted by Crippen LogP contribution is -2.49. The maximum Gasteiger partial charge on any atom is 0.338 e. The number of rotatable bonds is 5. The van der Waals surface area contributed by atoms with E-state index in [1.54, 1.807) is 24.3 Å². The predicted molar refractivity (Wildman–Crippen MR) is 116 cm³/mol. The van der Waals surface area contributed by atoms with Gasteiger partial charge in [0.2, 0.25) is 0 Å². The minimum absolute atomic E-state index is 0.0984. The van der Waals surface area contributed by atoms with Crippen LogP contribution in [0.2, 0.25) is 0 Å². The van der Waals surface area contributed by atoms with E-state index in [-0.39, 0.29) is 24.0 Å². The van der Waals surface area contributed by atoms with E-state index in [0.29, 0.717) is 23.0 Å². The van der Waals surface area contributed by atoms with E-state index in [1.165, 1.54) is 6.42 Å². The zero-order chi connectivity index (χ0) is 20.7. The summed E-state index contributed by atoms with van der Waals surface area (Å²) in [5, 5.41) is 0. The second-order valence-electron chi connectivity index (χ2n) is 8.41. The van der Waals surface area contributed by atoms with Crippen molar-refractivity contribution in [1.82, 2.24) is 4.90 Å². The van der Waals surface area contributed by atoms with E-state index in [0.717, 1.165) is 19.1 Å². The smallest absolute Gasteiger partial charge is 0.338 e. The number of nitrogens with zero attached hydrogens (tertiary/aromatic N) is 1. The zero-order valence-corrected chi connectivity index (χ0v) is 17.9. The van der Waals surface area contributed by atoms with Crippen molar-refractivity contribution in [2.45, 2.75) is 43.6 Å². The highest BCUT2D eigenvalue weighted by Crippen LogP contribution is 2.55. The van der Waals surface area contributed by atoms with Gasteiger partial charge in [0.25, 0.3) is 0 Å². The molecule has 2 aliphatic heterocycles. The molecule has 3 aliphatic rings. The second kappa shape index (κ2) is 8.13. The Bertz CT molecular complexity index is 848. The van der Waals surface area contributed by atoms with Crippen LogP contribution >= 0.6 is 9.24 Å². The number of carbonyl (C=O) groups is 2. The van der Waals surface area contributed by atoms with Crippen LogP contribution in [0.15, 0.2) is 60.7 Å². The van der Waals surface area contributed by atoms with Crippen LogP contribution in [0.3, 0.4) is 0 Å². The van der Waals surface area contributed by atoms with Gasteiger partial charge in [-0.25, -0.2) is 9.59 Å². The third-order valence-electron chi connectivity index (χ3n) is 6.98. The molecule has 2 aromatic rings. The van der Waals surface area contributed by atoms with Crippen LogP contribution in [0.4, 0.5) is 0 Å². The maximum atomic E-state index is 12.9. The molecule has 156 valence electrons. The fraction of sp³-hybridized carbons (Fsp3) is 0.417. The molecular weight excluding hydrogens is 397 g/mol. The largest absolute Gasteiger partial charge is 0.453 e. The van der Waals surface area contributed by atoms with Crippen molar-refractivity contribution >= 4 is 21.2 Å². The van der Waals surface area contributed by atoms with Gasteiger partial charge in [-0.2, -0.15) is 0 Å². The molecule has 1 saturated carbocycles. The Labute approximate surface area is 178 Å². The standard InChI is InChI=1S/C24H26NO4P/c26-23(15-8-3-1-4-9-15)28-21-19-17-12-7-13-18(17)20(25(19)14-30)22(21)29-24(27)16-10-5-2-6-11-16/h1-6,8-11,17-22H,7,12-14,30H2. The first kappa shape index (κ1) is 19.7. The Balaban J connectivity index is 1.44. The SMILES string of the molecule is O=C(OC1C(OC(=O)c2ccccc2)C2C3CCCC3C1N2CP)c1ccccc1. The highest BCUT2D eigenvalue weighted by molar-refractivity contribution is 7.16. The van der Waals surface area contributed by atoms with E-state index < -0.39 is 12.2 Å². The highest BCUT2D eigenvalue weighted by Gasteiger charge is 2.66.